The monoisotopic (exact) mass is 188 g/mol. The Balaban J connectivity index is -0.000000125. The first-order valence-corrected chi connectivity index (χ1v) is 2.39. The van der Waals surface area contributed by atoms with Crippen LogP contribution in [0.5, 0.6) is 0 Å². The summed E-state index contributed by atoms with van der Waals surface area (Å²) in [5, 5.41) is 0. The van der Waals surface area contributed by atoms with Crippen molar-refractivity contribution in [2.45, 2.75) is 19.8 Å². The third-order valence-corrected chi connectivity index (χ3v) is 0.986. The molecule has 0 aromatic carbocycles. The minimum atomic E-state index is 0. The van der Waals surface area contributed by atoms with Gasteiger partial charge in [0.05, 0.1) is 0 Å². The van der Waals surface area contributed by atoms with Crippen LogP contribution in [-0.2, 0) is 32.7 Å². The molecule has 0 rings (SSSR count). The molecule has 0 aromatic heterocycles. The fourth-order valence-corrected chi connectivity index (χ4v) is 0.144. The first kappa shape index (κ1) is 16.0. The normalized spacial score (nSPS) is 7.50. The topological polar surface area (TPSA) is 0 Å². The van der Waals surface area contributed by atoms with E-state index in [0.29, 0.717) is 5.92 Å². The predicted octanol–water partition coefficient (Wildman–Crippen LogP) is 2.52. The number of rotatable bonds is 2. The summed E-state index contributed by atoms with van der Waals surface area (Å²) in [6.07, 6.45) is 2.03. The second-order valence-electron chi connectivity index (χ2n) is 1.68. The zero-order valence-corrected chi connectivity index (χ0v) is 8.82. The summed E-state index contributed by atoms with van der Waals surface area (Å²) in [5.74, 6) is 0.713. The van der Waals surface area contributed by atoms with Crippen LogP contribution in [-0.4, -0.2) is 0 Å². The molecule has 0 spiro atoms. The van der Waals surface area contributed by atoms with E-state index in [0.717, 1.165) is 12.8 Å². The van der Waals surface area contributed by atoms with E-state index in [-0.39, 0.29) is 40.1 Å². The molecular formula is C7H15Y. The average Bonchev–Trinajstić information content (AvgIpc) is 1.65. The van der Waals surface area contributed by atoms with Crippen molar-refractivity contribution < 1.29 is 32.7 Å². The standard InChI is InChI=1S/C6H12.CH3.Y/c1-4-6(3)5-2;;/h6H,1-2,4-5H2,3H3;1H3;/q-2;-1;+3. The van der Waals surface area contributed by atoms with Crippen LogP contribution < -0.4 is 0 Å². The predicted molar refractivity (Wildman–Crippen MR) is 35.5 cm³/mol. The minimum Gasteiger partial charge on any atom is -0.358 e. The van der Waals surface area contributed by atoms with Crippen LogP contribution in [0.1, 0.15) is 19.8 Å². The number of hydrogen-bond donors (Lipinski definition) is 0. The molecule has 0 aliphatic carbocycles. The number of hydrogen-bond acceptors (Lipinski definition) is 0. The van der Waals surface area contributed by atoms with Crippen LogP contribution in [0.3, 0.4) is 0 Å². The Hall–Kier alpha value is 1.10. The van der Waals surface area contributed by atoms with Crippen LogP contribution >= 0.6 is 0 Å². The second-order valence-corrected chi connectivity index (χ2v) is 1.68. The van der Waals surface area contributed by atoms with Crippen LogP contribution in [0.25, 0.3) is 0 Å². The molecule has 0 amide bonds. The molecule has 0 atom stereocenters. The zero-order valence-electron chi connectivity index (χ0n) is 5.98. The van der Waals surface area contributed by atoms with E-state index in [2.05, 4.69) is 20.8 Å². The minimum absolute atomic E-state index is 0. The van der Waals surface area contributed by atoms with E-state index >= 15 is 0 Å². The van der Waals surface area contributed by atoms with Gasteiger partial charge in [-0.2, -0.15) is 12.8 Å². The Labute approximate surface area is 79.3 Å². The molecule has 0 aliphatic heterocycles. The van der Waals surface area contributed by atoms with E-state index in [1.54, 1.807) is 0 Å². The molecule has 0 radical (unpaired) electrons. The molecule has 0 unspecified atom stereocenters. The Bertz CT molecular complexity index is 23.6. The van der Waals surface area contributed by atoms with Crippen molar-refractivity contribution in [3.8, 4) is 0 Å². The first-order valence-electron chi connectivity index (χ1n) is 2.39. The SMILES string of the molecule is [CH2-]CC(C)C[CH2-].[CH3-].[Y+3]. The zero-order chi connectivity index (χ0) is 4.99. The summed E-state index contributed by atoms with van der Waals surface area (Å²) in [6.45, 7) is 9.59. The van der Waals surface area contributed by atoms with E-state index in [4.69, 9.17) is 0 Å². The molecule has 0 heterocycles. The third-order valence-electron chi connectivity index (χ3n) is 0.986. The van der Waals surface area contributed by atoms with Gasteiger partial charge in [0.1, 0.15) is 0 Å². The van der Waals surface area contributed by atoms with E-state index < -0.39 is 0 Å². The van der Waals surface area contributed by atoms with Crippen molar-refractivity contribution in [3.05, 3.63) is 21.3 Å². The summed E-state index contributed by atoms with van der Waals surface area (Å²) in [7, 11) is 0. The van der Waals surface area contributed by atoms with E-state index in [1.807, 2.05) is 0 Å². The van der Waals surface area contributed by atoms with Crippen LogP contribution in [0.2, 0.25) is 0 Å². The van der Waals surface area contributed by atoms with Gasteiger partial charge in [0.15, 0.2) is 0 Å². The maximum atomic E-state index is 3.72. The maximum Gasteiger partial charge on any atom is 3.00 e. The van der Waals surface area contributed by atoms with Crippen molar-refractivity contribution in [1.29, 1.82) is 0 Å². The summed E-state index contributed by atoms with van der Waals surface area (Å²) in [4.78, 5) is 0. The van der Waals surface area contributed by atoms with Crippen LogP contribution in [0.4, 0.5) is 0 Å². The Morgan fingerprint density at radius 1 is 1.25 bits per heavy atom. The molecule has 0 saturated carbocycles. The fourth-order valence-electron chi connectivity index (χ4n) is 0.144. The molecule has 0 nitrogen and oxygen atoms in total. The molecule has 0 N–H and O–H groups in total. The van der Waals surface area contributed by atoms with Gasteiger partial charge in [-0.1, -0.05) is 12.8 Å². The molecule has 46 valence electrons. The van der Waals surface area contributed by atoms with E-state index in [9.17, 15) is 0 Å². The van der Waals surface area contributed by atoms with E-state index in [1.165, 1.54) is 0 Å². The third kappa shape index (κ3) is 10.2. The van der Waals surface area contributed by atoms with Gasteiger partial charge >= 0.3 is 32.7 Å². The Morgan fingerprint density at radius 2 is 1.50 bits per heavy atom. The van der Waals surface area contributed by atoms with Crippen molar-refractivity contribution >= 4 is 0 Å². The largest absolute Gasteiger partial charge is 3.00 e. The first-order chi connectivity index (χ1) is 2.81. The smallest absolute Gasteiger partial charge is 0.358 e. The van der Waals surface area contributed by atoms with Gasteiger partial charge in [0.25, 0.3) is 0 Å². The molecule has 0 fully saturated rings. The van der Waals surface area contributed by atoms with Gasteiger partial charge in [-0.25, -0.2) is 0 Å². The molecule has 0 aliphatic rings. The van der Waals surface area contributed by atoms with Crippen LogP contribution in [0, 0.1) is 27.2 Å². The van der Waals surface area contributed by atoms with Crippen molar-refractivity contribution in [1.82, 2.24) is 0 Å². The summed E-state index contributed by atoms with van der Waals surface area (Å²) >= 11 is 0. The van der Waals surface area contributed by atoms with Gasteiger partial charge in [-0.05, 0) is 0 Å². The summed E-state index contributed by atoms with van der Waals surface area (Å²) in [5.41, 5.74) is 0. The molecule has 0 bridgehead atoms. The van der Waals surface area contributed by atoms with Gasteiger partial charge in [0.2, 0.25) is 0 Å². The summed E-state index contributed by atoms with van der Waals surface area (Å²) < 4.78 is 0. The van der Waals surface area contributed by atoms with Crippen molar-refractivity contribution in [2.75, 3.05) is 0 Å². The Morgan fingerprint density at radius 3 is 1.50 bits per heavy atom. The van der Waals surface area contributed by atoms with Crippen molar-refractivity contribution in [2.24, 2.45) is 5.92 Å². The maximum absolute atomic E-state index is 3.72. The van der Waals surface area contributed by atoms with Gasteiger partial charge in [-0.15, -0.1) is 0 Å². The summed E-state index contributed by atoms with van der Waals surface area (Å²) in [6, 6.07) is 0. The molecule has 1 heteroatoms. The average molecular weight is 188 g/mol. The molecular weight excluding hydrogens is 173 g/mol. The second kappa shape index (κ2) is 11.0. The molecule has 0 aromatic rings. The molecule has 0 saturated heterocycles. The molecule has 8 heavy (non-hydrogen) atoms. The van der Waals surface area contributed by atoms with Gasteiger partial charge in [-0.3, -0.25) is 0 Å². The van der Waals surface area contributed by atoms with Crippen LogP contribution in [0.15, 0.2) is 0 Å². The quantitative estimate of drug-likeness (QED) is 0.584. The Kier molecular flexibility index (Phi) is 22.0. The fraction of sp³-hybridized carbons (Fsp3) is 0.571. The van der Waals surface area contributed by atoms with Crippen molar-refractivity contribution in [3.63, 3.8) is 0 Å². The van der Waals surface area contributed by atoms with Gasteiger partial charge in [0, 0.05) is 0 Å². The van der Waals surface area contributed by atoms with Gasteiger partial charge < -0.3 is 21.3 Å².